The summed E-state index contributed by atoms with van der Waals surface area (Å²) in [7, 11) is 0. The van der Waals surface area contributed by atoms with Gasteiger partial charge >= 0.3 is 0 Å². The fraction of sp³-hybridized carbons (Fsp3) is 0.533. The van der Waals surface area contributed by atoms with E-state index in [9.17, 15) is 4.79 Å². The molecule has 0 aromatic heterocycles. The van der Waals surface area contributed by atoms with Gasteiger partial charge in [-0.05, 0) is 43.5 Å². The van der Waals surface area contributed by atoms with E-state index >= 15 is 0 Å². The van der Waals surface area contributed by atoms with Crippen LogP contribution in [0.3, 0.4) is 0 Å². The van der Waals surface area contributed by atoms with Crippen molar-refractivity contribution in [3.8, 4) is 0 Å². The van der Waals surface area contributed by atoms with Crippen LogP contribution < -0.4 is 11.1 Å². The third-order valence-corrected chi connectivity index (χ3v) is 4.89. The van der Waals surface area contributed by atoms with Crippen molar-refractivity contribution < 1.29 is 4.79 Å². The first-order valence-electron chi connectivity index (χ1n) is 6.93. The number of nitrogens with one attached hydrogen (secondary N) is 1. The van der Waals surface area contributed by atoms with E-state index in [4.69, 9.17) is 5.73 Å². The molecule has 1 aromatic rings. The quantitative estimate of drug-likeness (QED) is 0.809. The van der Waals surface area contributed by atoms with E-state index in [-0.39, 0.29) is 5.91 Å². The fourth-order valence-electron chi connectivity index (χ4n) is 2.41. The molecule has 2 rings (SSSR count). The maximum atomic E-state index is 11.9. The summed E-state index contributed by atoms with van der Waals surface area (Å²) in [5.41, 5.74) is 8.30. The highest BCUT2D eigenvalue weighted by Gasteiger charge is 2.15. The van der Waals surface area contributed by atoms with Crippen molar-refractivity contribution in [1.82, 2.24) is 0 Å². The van der Waals surface area contributed by atoms with E-state index < -0.39 is 0 Å². The molecule has 0 bridgehead atoms. The van der Waals surface area contributed by atoms with Crippen LogP contribution in [0.15, 0.2) is 18.2 Å². The molecule has 1 fully saturated rings. The van der Waals surface area contributed by atoms with Crippen molar-refractivity contribution in [2.45, 2.75) is 44.3 Å². The minimum atomic E-state index is 0.0957. The number of nitrogens with two attached hydrogens (primary N) is 1. The molecule has 0 aliphatic heterocycles. The molecule has 0 radical (unpaired) electrons. The summed E-state index contributed by atoms with van der Waals surface area (Å²) in [6.45, 7) is 1.96. The van der Waals surface area contributed by atoms with E-state index in [1.807, 2.05) is 36.9 Å². The Hall–Kier alpha value is -1.16. The van der Waals surface area contributed by atoms with Crippen LogP contribution in [0.25, 0.3) is 0 Å². The van der Waals surface area contributed by atoms with Gasteiger partial charge in [0, 0.05) is 28.8 Å². The summed E-state index contributed by atoms with van der Waals surface area (Å²) in [5.74, 6) is 1.02. The Kier molecular flexibility index (Phi) is 5.14. The number of benzene rings is 1. The van der Waals surface area contributed by atoms with Gasteiger partial charge < -0.3 is 11.1 Å². The third kappa shape index (κ3) is 4.46. The molecule has 0 spiro atoms. The van der Waals surface area contributed by atoms with Gasteiger partial charge in [-0.3, -0.25) is 4.79 Å². The third-order valence-electron chi connectivity index (χ3n) is 3.51. The zero-order valence-corrected chi connectivity index (χ0v) is 12.3. The molecule has 104 valence electrons. The summed E-state index contributed by atoms with van der Waals surface area (Å²) in [6.07, 6.45) is 5.95. The molecule has 19 heavy (non-hydrogen) atoms. The lowest BCUT2D eigenvalue weighted by atomic mass is 10.2. The van der Waals surface area contributed by atoms with E-state index in [2.05, 4.69) is 5.32 Å². The van der Waals surface area contributed by atoms with Gasteiger partial charge in [-0.2, -0.15) is 11.8 Å². The predicted octanol–water partition coefficient (Wildman–Crippen LogP) is 3.58. The summed E-state index contributed by atoms with van der Waals surface area (Å²) in [5, 5.41) is 3.74. The Morgan fingerprint density at radius 3 is 2.84 bits per heavy atom. The lowest BCUT2D eigenvalue weighted by Gasteiger charge is -2.10. The van der Waals surface area contributed by atoms with Crippen LogP contribution in [0.4, 0.5) is 11.4 Å². The highest BCUT2D eigenvalue weighted by Crippen LogP contribution is 2.29. The average molecular weight is 278 g/mol. The normalized spacial score (nSPS) is 15.6. The van der Waals surface area contributed by atoms with Crippen molar-refractivity contribution in [2.24, 2.45) is 0 Å². The number of thioether (sulfide) groups is 1. The maximum Gasteiger partial charge on any atom is 0.225 e. The van der Waals surface area contributed by atoms with Gasteiger partial charge in [0.2, 0.25) is 5.91 Å². The number of carbonyl (C=O) groups excluding carboxylic acids is 1. The summed E-state index contributed by atoms with van der Waals surface area (Å²) >= 11 is 1.95. The van der Waals surface area contributed by atoms with Gasteiger partial charge in [-0.15, -0.1) is 0 Å². The first-order valence-corrected chi connectivity index (χ1v) is 7.97. The van der Waals surface area contributed by atoms with Crippen molar-refractivity contribution in [3.63, 3.8) is 0 Å². The van der Waals surface area contributed by atoms with Crippen LogP contribution >= 0.6 is 11.8 Å². The average Bonchev–Trinajstić information content (AvgIpc) is 2.86. The summed E-state index contributed by atoms with van der Waals surface area (Å²) in [6, 6.07) is 5.56. The minimum Gasteiger partial charge on any atom is -0.399 e. The second-order valence-corrected chi connectivity index (χ2v) is 6.56. The smallest absolute Gasteiger partial charge is 0.225 e. The Bertz CT molecular complexity index is 442. The lowest BCUT2D eigenvalue weighted by molar-refractivity contribution is -0.115. The largest absolute Gasteiger partial charge is 0.399 e. The highest BCUT2D eigenvalue weighted by molar-refractivity contribution is 7.99. The SMILES string of the molecule is Cc1cc(N)ccc1NC(=O)CCSC1CCCC1. The molecule has 3 nitrogen and oxygen atoms in total. The van der Waals surface area contributed by atoms with Gasteiger partial charge in [0.25, 0.3) is 0 Å². The number of carbonyl (C=O) groups is 1. The van der Waals surface area contributed by atoms with Gasteiger partial charge in [0.1, 0.15) is 0 Å². The van der Waals surface area contributed by atoms with Crippen molar-refractivity contribution in [3.05, 3.63) is 23.8 Å². The first-order chi connectivity index (χ1) is 9.15. The fourth-order valence-corrected chi connectivity index (χ4v) is 3.72. The first kappa shape index (κ1) is 14.3. The second kappa shape index (κ2) is 6.85. The number of hydrogen-bond donors (Lipinski definition) is 2. The van der Waals surface area contributed by atoms with Crippen molar-refractivity contribution >= 4 is 29.0 Å². The molecule has 0 atom stereocenters. The zero-order valence-electron chi connectivity index (χ0n) is 11.4. The lowest BCUT2D eigenvalue weighted by Crippen LogP contribution is -2.13. The molecular weight excluding hydrogens is 256 g/mol. The Balaban J connectivity index is 1.74. The highest BCUT2D eigenvalue weighted by atomic mass is 32.2. The summed E-state index contributed by atoms with van der Waals surface area (Å²) < 4.78 is 0. The molecule has 1 aliphatic carbocycles. The Morgan fingerprint density at radius 1 is 1.42 bits per heavy atom. The zero-order chi connectivity index (χ0) is 13.7. The van der Waals surface area contributed by atoms with E-state index in [0.29, 0.717) is 6.42 Å². The van der Waals surface area contributed by atoms with Crippen LogP contribution in [0.2, 0.25) is 0 Å². The number of hydrogen-bond acceptors (Lipinski definition) is 3. The predicted molar refractivity (Wildman–Crippen MR) is 83.6 cm³/mol. The molecule has 0 saturated heterocycles. The number of rotatable bonds is 5. The van der Waals surface area contributed by atoms with Gasteiger partial charge in [-0.25, -0.2) is 0 Å². The summed E-state index contributed by atoms with van der Waals surface area (Å²) in [4.78, 5) is 11.9. The second-order valence-electron chi connectivity index (χ2n) is 5.15. The molecule has 1 aliphatic rings. The molecule has 1 amide bonds. The number of amides is 1. The van der Waals surface area contributed by atoms with Crippen LogP contribution in [-0.2, 0) is 4.79 Å². The Labute approximate surface area is 119 Å². The minimum absolute atomic E-state index is 0.0957. The topological polar surface area (TPSA) is 55.1 Å². The molecule has 0 heterocycles. The van der Waals surface area contributed by atoms with Crippen LogP contribution in [0, 0.1) is 6.92 Å². The van der Waals surface area contributed by atoms with Crippen LogP contribution in [0.5, 0.6) is 0 Å². The standard InChI is InChI=1S/C15H22N2OS/c1-11-10-12(16)6-7-14(11)17-15(18)8-9-19-13-4-2-3-5-13/h6-7,10,13H,2-5,8-9,16H2,1H3,(H,17,18). The van der Waals surface area contributed by atoms with E-state index in [1.54, 1.807) is 0 Å². The van der Waals surface area contributed by atoms with E-state index in [1.165, 1.54) is 25.7 Å². The van der Waals surface area contributed by atoms with Crippen molar-refractivity contribution in [2.75, 3.05) is 16.8 Å². The monoisotopic (exact) mass is 278 g/mol. The van der Waals surface area contributed by atoms with Gasteiger partial charge in [-0.1, -0.05) is 12.8 Å². The molecular formula is C15H22N2OS. The van der Waals surface area contributed by atoms with Crippen LogP contribution in [0.1, 0.15) is 37.7 Å². The molecule has 4 heteroatoms. The van der Waals surface area contributed by atoms with E-state index in [0.717, 1.165) is 27.9 Å². The molecule has 0 unspecified atom stereocenters. The molecule has 1 aromatic carbocycles. The van der Waals surface area contributed by atoms with Gasteiger partial charge in [0.15, 0.2) is 0 Å². The molecule has 3 N–H and O–H groups in total. The number of anilines is 2. The number of aryl methyl sites for hydroxylation is 1. The Morgan fingerprint density at radius 2 is 2.16 bits per heavy atom. The van der Waals surface area contributed by atoms with Gasteiger partial charge in [0.05, 0.1) is 0 Å². The van der Waals surface area contributed by atoms with Crippen molar-refractivity contribution in [1.29, 1.82) is 0 Å². The molecule has 1 saturated carbocycles. The number of nitrogen functional groups attached to an aromatic ring is 1. The van der Waals surface area contributed by atoms with Crippen LogP contribution in [-0.4, -0.2) is 16.9 Å². The maximum absolute atomic E-state index is 11.9.